The number of hydrogen-bond acceptors (Lipinski definition) is 6. The number of hydrogen-bond donors (Lipinski definition) is 3. The number of rotatable bonds is 8. The van der Waals surface area contributed by atoms with Crippen molar-refractivity contribution in [2.75, 3.05) is 32.1 Å². The number of piperidine rings is 1. The van der Waals surface area contributed by atoms with Crippen molar-refractivity contribution < 1.29 is 14.6 Å². The van der Waals surface area contributed by atoms with Crippen LogP contribution in [0.5, 0.6) is 5.88 Å². The molecule has 1 saturated heterocycles. The van der Waals surface area contributed by atoms with Gasteiger partial charge in [0.05, 0.1) is 19.3 Å². The van der Waals surface area contributed by atoms with Crippen molar-refractivity contribution in [1.82, 2.24) is 20.1 Å². The predicted molar refractivity (Wildman–Crippen MR) is 107 cm³/mol. The highest BCUT2D eigenvalue weighted by Gasteiger charge is 2.29. The largest absolute Gasteiger partial charge is 0.480 e. The van der Waals surface area contributed by atoms with E-state index in [0.717, 1.165) is 49.9 Å². The number of anilines is 1. The Kier molecular flexibility index (Phi) is 7.00. The molecule has 2 aromatic heterocycles. The standard InChI is InChI=1S/C20H29N5O3/c1-3-4-17(25-9-7-14(13-26)8-10-25)19(27)23-18-6-5-16(20(24-18)28-2)15-11-21-22-12-15/h5-6,11-12,14,17,26H,3-4,7-10,13H2,1-2H3,(H,21,22)(H,23,24,27). The number of carbonyl (C=O) groups excluding carboxylic acids is 1. The van der Waals surface area contributed by atoms with Gasteiger partial charge in [0.25, 0.3) is 0 Å². The van der Waals surface area contributed by atoms with E-state index < -0.39 is 0 Å². The molecule has 152 valence electrons. The van der Waals surface area contributed by atoms with Gasteiger partial charge in [-0.1, -0.05) is 13.3 Å². The number of aliphatic hydroxyl groups is 1. The molecule has 2 aromatic rings. The maximum Gasteiger partial charge on any atom is 0.242 e. The third-order valence-corrected chi connectivity index (χ3v) is 5.33. The Morgan fingerprint density at radius 2 is 2.21 bits per heavy atom. The van der Waals surface area contributed by atoms with Crippen LogP contribution in [0.1, 0.15) is 32.6 Å². The number of likely N-dealkylation sites (tertiary alicyclic amines) is 1. The van der Waals surface area contributed by atoms with Crippen LogP contribution >= 0.6 is 0 Å². The highest BCUT2D eigenvalue weighted by Crippen LogP contribution is 2.29. The number of nitrogens with one attached hydrogen (secondary N) is 2. The fourth-order valence-corrected chi connectivity index (χ4v) is 3.69. The van der Waals surface area contributed by atoms with Crippen LogP contribution < -0.4 is 10.1 Å². The Morgan fingerprint density at radius 3 is 2.82 bits per heavy atom. The van der Waals surface area contributed by atoms with Crippen LogP contribution in [0, 0.1) is 5.92 Å². The molecule has 8 heteroatoms. The second-order valence-corrected chi connectivity index (χ2v) is 7.20. The lowest BCUT2D eigenvalue weighted by molar-refractivity contribution is -0.122. The Morgan fingerprint density at radius 1 is 1.43 bits per heavy atom. The Bertz CT molecular complexity index is 757. The molecular formula is C20H29N5O3. The van der Waals surface area contributed by atoms with Crippen molar-refractivity contribution in [2.45, 2.75) is 38.6 Å². The fraction of sp³-hybridized carbons (Fsp3) is 0.550. The molecule has 8 nitrogen and oxygen atoms in total. The Labute approximate surface area is 165 Å². The number of aromatic amines is 1. The maximum absolute atomic E-state index is 13.0. The van der Waals surface area contributed by atoms with Crippen LogP contribution in [0.2, 0.25) is 0 Å². The number of H-pyrrole nitrogens is 1. The Balaban J connectivity index is 1.71. The molecule has 1 unspecified atom stereocenters. The van der Waals surface area contributed by atoms with Crippen LogP contribution in [-0.4, -0.2) is 63.9 Å². The molecule has 1 amide bonds. The predicted octanol–water partition coefficient (Wildman–Crippen LogP) is 2.29. The van der Waals surface area contributed by atoms with Gasteiger partial charge < -0.3 is 15.2 Å². The summed E-state index contributed by atoms with van der Waals surface area (Å²) >= 11 is 0. The molecule has 0 aromatic carbocycles. The molecule has 3 heterocycles. The van der Waals surface area contributed by atoms with E-state index in [4.69, 9.17) is 4.74 Å². The number of amides is 1. The summed E-state index contributed by atoms with van der Waals surface area (Å²) in [5, 5.41) is 19.0. The summed E-state index contributed by atoms with van der Waals surface area (Å²) in [7, 11) is 1.56. The molecule has 3 N–H and O–H groups in total. The summed E-state index contributed by atoms with van der Waals surface area (Å²) in [5.74, 6) is 1.22. The number of methoxy groups -OCH3 is 1. The van der Waals surface area contributed by atoms with Gasteiger partial charge in [0.2, 0.25) is 11.8 Å². The van der Waals surface area contributed by atoms with E-state index in [0.29, 0.717) is 17.6 Å². The summed E-state index contributed by atoms with van der Waals surface area (Å²) in [6, 6.07) is 3.46. The molecule has 1 fully saturated rings. The third kappa shape index (κ3) is 4.69. The quantitative estimate of drug-likeness (QED) is 0.642. The van der Waals surface area contributed by atoms with Crippen LogP contribution in [0.15, 0.2) is 24.5 Å². The van der Waals surface area contributed by atoms with E-state index in [1.165, 1.54) is 0 Å². The summed E-state index contributed by atoms with van der Waals surface area (Å²) in [6.45, 7) is 3.98. The molecule has 0 radical (unpaired) electrons. The topological polar surface area (TPSA) is 103 Å². The number of aromatic nitrogens is 3. The molecule has 28 heavy (non-hydrogen) atoms. The maximum atomic E-state index is 13.0. The molecule has 3 rings (SSSR count). The fourth-order valence-electron chi connectivity index (χ4n) is 3.69. The van der Waals surface area contributed by atoms with Gasteiger partial charge in [0.15, 0.2) is 0 Å². The highest BCUT2D eigenvalue weighted by atomic mass is 16.5. The van der Waals surface area contributed by atoms with E-state index in [1.807, 2.05) is 6.07 Å². The minimum absolute atomic E-state index is 0.0464. The number of aliphatic hydroxyl groups excluding tert-OH is 1. The molecule has 0 bridgehead atoms. The first-order valence-corrected chi connectivity index (χ1v) is 9.86. The van der Waals surface area contributed by atoms with Crippen molar-refractivity contribution in [2.24, 2.45) is 5.92 Å². The zero-order valence-electron chi connectivity index (χ0n) is 16.5. The van der Waals surface area contributed by atoms with E-state index >= 15 is 0 Å². The number of nitrogens with zero attached hydrogens (tertiary/aromatic N) is 3. The van der Waals surface area contributed by atoms with Crippen LogP contribution in [0.4, 0.5) is 5.82 Å². The van der Waals surface area contributed by atoms with Crippen LogP contribution in [0.3, 0.4) is 0 Å². The minimum Gasteiger partial charge on any atom is -0.480 e. The lowest BCUT2D eigenvalue weighted by Gasteiger charge is -2.36. The monoisotopic (exact) mass is 387 g/mol. The summed E-state index contributed by atoms with van der Waals surface area (Å²) in [6.07, 6.45) is 7.04. The van der Waals surface area contributed by atoms with Gasteiger partial charge in [-0.25, -0.2) is 0 Å². The van der Waals surface area contributed by atoms with E-state index in [9.17, 15) is 9.90 Å². The first-order chi connectivity index (χ1) is 13.7. The second-order valence-electron chi connectivity index (χ2n) is 7.20. The van der Waals surface area contributed by atoms with Crippen molar-refractivity contribution in [3.63, 3.8) is 0 Å². The second kappa shape index (κ2) is 9.66. The van der Waals surface area contributed by atoms with Crippen molar-refractivity contribution in [3.05, 3.63) is 24.5 Å². The average Bonchev–Trinajstić information content (AvgIpc) is 3.26. The van der Waals surface area contributed by atoms with Gasteiger partial charge >= 0.3 is 0 Å². The molecular weight excluding hydrogens is 358 g/mol. The van der Waals surface area contributed by atoms with Gasteiger partial charge in [-0.2, -0.15) is 10.1 Å². The van der Waals surface area contributed by atoms with E-state index in [-0.39, 0.29) is 18.6 Å². The number of carbonyl (C=O) groups is 1. The Hall–Kier alpha value is -2.45. The van der Waals surface area contributed by atoms with E-state index in [2.05, 4.69) is 32.3 Å². The molecule has 1 atom stereocenters. The summed E-state index contributed by atoms with van der Waals surface area (Å²) in [4.78, 5) is 19.6. The molecule has 0 saturated carbocycles. The lowest BCUT2D eigenvalue weighted by Crippen LogP contribution is -2.48. The average molecular weight is 387 g/mol. The van der Waals surface area contributed by atoms with Crippen molar-refractivity contribution >= 4 is 11.7 Å². The molecule has 1 aliphatic rings. The van der Waals surface area contributed by atoms with Gasteiger partial charge in [0.1, 0.15) is 5.82 Å². The summed E-state index contributed by atoms with van der Waals surface area (Å²) in [5.41, 5.74) is 1.68. The molecule has 0 aliphatic carbocycles. The van der Waals surface area contributed by atoms with Crippen molar-refractivity contribution in [3.8, 4) is 17.0 Å². The zero-order valence-corrected chi connectivity index (χ0v) is 16.5. The van der Waals surface area contributed by atoms with Crippen molar-refractivity contribution in [1.29, 1.82) is 0 Å². The van der Waals surface area contributed by atoms with Gasteiger partial charge in [-0.05, 0) is 50.4 Å². The molecule has 0 spiro atoms. The van der Waals surface area contributed by atoms with Gasteiger partial charge in [0, 0.05) is 23.9 Å². The first kappa shape index (κ1) is 20.3. The lowest BCUT2D eigenvalue weighted by atomic mass is 9.95. The number of ether oxygens (including phenoxy) is 1. The van der Waals surface area contributed by atoms with E-state index in [1.54, 1.807) is 25.6 Å². The zero-order chi connectivity index (χ0) is 19.9. The molecule has 1 aliphatic heterocycles. The van der Waals surface area contributed by atoms with Gasteiger partial charge in [-0.3, -0.25) is 14.8 Å². The number of pyridine rings is 1. The highest BCUT2D eigenvalue weighted by molar-refractivity contribution is 5.94. The minimum atomic E-state index is -0.189. The van der Waals surface area contributed by atoms with Gasteiger partial charge in [-0.15, -0.1) is 0 Å². The third-order valence-electron chi connectivity index (χ3n) is 5.33. The summed E-state index contributed by atoms with van der Waals surface area (Å²) < 4.78 is 5.40. The van der Waals surface area contributed by atoms with Crippen LogP contribution in [0.25, 0.3) is 11.1 Å². The smallest absolute Gasteiger partial charge is 0.242 e. The normalized spacial score (nSPS) is 16.7. The van der Waals surface area contributed by atoms with Crippen LogP contribution in [-0.2, 0) is 4.79 Å². The first-order valence-electron chi connectivity index (χ1n) is 9.86. The SMILES string of the molecule is CCCC(C(=O)Nc1ccc(-c2cn[nH]c2)c(OC)n1)N1CCC(CO)CC1.